The minimum absolute atomic E-state index is 0.238. The number of thioether (sulfide) groups is 1. The van der Waals surface area contributed by atoms with Crippen LogP contribution in [0.5, 0.6) is 0 Å². The Bertz CT molecular complexity index is 1320. The van der Waals surface area contributed by atoms with Gasteiger partial charge in [-0.25, -0.2) is 0 Å². The summed E-state index contributed by atoms with van der Waals surface area (Å²) >= 11 is 7.85. The lowest BCUT2D eigenvalue weighted by Crippen LogP contribution is -2.55. The molecule has 1 N–H and O–H groups in total. The van der Waals surface area contributed by atoms with Gasteiger partial charge in [-0.1, -0.05) is 23.7 Å². The lowest BCUT2D eigenvalue weighted by atomic mass is 9.97. The van der Waals surface area contributed by atoms with Crippen molar-refractivity contribution in [2.45, 2.75) is 57.1 Å². The van der Waals surface area contributed by atoms with E-state index in [1.54, 1.807) is 18.5 Å². The Hall–Kier alpha value is -3.04. The number of fused-ring (bicyclic) bond motifs is 1. The predicted molar refractivity (Wildman–Crippen MR) is 141 cm³/mol. The van der Waals surface area contributed by atoms with Gasteiger partial charge in [0.2, 0.25) is 5.91 Å². The second-order valence-electron chi connectivity index (χ2n) is 10.0. The maximum atomic E-state index is 13.5. The molecule has 2 aromatic heterocycles. The van der Waals surface area contributed by atoms with Gasteiger partial charge in [0.1, 0.15) is 11.8 Å². The molecular formula is C27H28ClN3O5S. The molecule has 1 aromatic carbocycles. The number of pyridine rings is 1. The van der Waals surface area contributed by atoms with Gasteiger partial charge in [-0.2, -0.15) is 0 Å². The standard InChI is InChI=1S/C27H28ClN3O5S/c1-15-5-4-6-20(28)19(15)12-30-24(32)23-27(2,3)37-14-31(23)25(33)21-11-17(26(34)36-21)10-18-9-16-7-8-29-13-22(16)35-18/h4-9,13,17,21,23H,10-12,14H2,1-3H3,(H,30,32)/t17-,21+,23-/m1/s1. The van der Waals surface area contributed by atoms with Crippen LogP contribution in [0.2, 0.25) is 5.02 Å². The first kappa shape index (κ1) is 25.6. The average Bonchev–Trinajstić information content (AvgIpc) is 3.52. The number of nitrogens with zero attached hydrogens (tertiary/aromatic N) is 2. The molecule has 8 nitrogen and oxygen atoms in total. The number of ether oxygens (including phenoxy) is 1. The number of nitrogens with one attached hydrogen (secondary N) is 1. The second kappa shape index (κ2) is 10.0. The van der Waals surface area contributed by atoms with E-state index < -0.39 is 28.8 Å². The van der Waals surface area contributed by atoms with E-state index in [1.807, 2.05) is 45.0 Å². The molecule has 2 fully saturated rings. The zero-order valence-corrected chi connectivity index (χ0v) is 22.4. The maximum Gasteiger partial charge on any atom is 0.310 e. The quantitative estimate of drug-likeness (QED) is 0.465. The molecule has 0 bridgehead atoms. The molecule has 194 valence electrons. The van der Waals surface area contributed by atoms with Crippen LogP contribution < -0.4 is 5.32 Å². The summed E-state index contributed by atoms with van der Waals surface area (Å²) in [5.74, 6) is -0.566. The molecule has 5 rings (SSSR count). The van der Waals surface area contributed by atoms with Crippen molar-refractivity contribution in [2.24, 2.45) is 5.92 Å². The van der Waals surface area contributed by atoms with Crippen LogP contribution in [0.4, 0.5) is 0 Å². The van der Waals surface area contributed by atoms with E-state index in [9.17, 15) is 14.4 Å². The number of halogens is 1. The molecule has 3 aromatic rings. The lowest BCUT2D eigenvalue weighted by molar-refractivity contribution is -0.155. The number of cyclic esters (lactones) is 1. The van der Waals surface area contributed by atoms with Crippen LogP contribution >= 0.6 is 23.4 Å². The lowest BCUT2D eigenvalue weighted by Gasteiger charge is -2.31. The van der Waals surface area contributed by atoms with Crippen molar-refractivity contribution in [2.75, 3.05) is 5.88 Å². The number of rotatable bonds is 6. The van der Waals surface area contributed by atoms with Crippen LogP contribution in [0.15, 0.2) is 47.1 Å². The van der Waals surface area contributed by atoms with Crippen molar-refractivity contribution in [3.63, 3.8) is 0 Å². The van der Waals surface area contributed by atoms with Crippen molar-refractivity contribution >= 4 is 52.1 Å². The Labute approximate surface area is 224 Å². The van der Waals surface area contributed by atoms with Crippen LogP contribution in [0.25, 0.3) is 11.0 Å². The third-order valence-corrected chi connectivity index (χ3v) is 8.79. The fraction of sp³-hybridized carbons (Fsp3) is 0.407. The summed E-state index contributed by atoms with van der Waals surface area (Å²) in [6.07, 6.45) is 2.95. The number of aromatic nitrogens is 1. The molecule has 0 aliphatic carbocycles. The highest BCUT2D eigenvalue weighted by Gasteiger charge is 2.51. The van der Waals surface area contributed by atoms with E-state index in [4.69, 9.17) is 20.8 Å². The van der Waals surface area contributed by atoms with Gasteiger partial charge < -0.3 is 19.4 Å². The molecule has 3 atom stereocenters. The minimum atomic E-state index is -0.931. The molecule has 2 amide bonds. The molecule has 2 aliphatic rings. The van der Waals surface area contributed by atoms with Gasteiger partial charge in [0.15, 0.2) is 11.7 Å². The smallest absolute Gasteiger partial charge is 0.310 e. The van der Waals surface area contributed by atoms with Crippen molar-refractivity contribution in [3.05, 3.63) is 64.6 Å². The third kappa shape index (κ3) is 5.07. The van der Waals surface area contributed by atoms with Gasteiger partial charge in [0.05, 0.1) is 18.0 Å². The summed E-state index contributed by atoms with van der Waals surface area (Å²) < 4.78 is 10.8. The van der Waals surface area contributed by atoms with E-state index in [1.165, 1.54) is 16.7 Å². The highest BCUT2D eigenvalue weighted by atomic mass is 35.5. The average molecular weight is 542 g/mol. The molecule has 0 saturated carbocycles. The zero-order valence-electron chi connectivity index (χ0n) is 20.8. The number of furan rings is 1. The fourth-order valence-electron chi connectivity index (χ4n) is 5.00. The van der Waals surface area contributed by atoms with Gasteiger partial charge in [-0.3, -0.25) is 19.4 Å². The largest absolute Gasteiger partial charge is 0.459 e. The van der Waals surface area contributed by atoms with Crippen molar-refractivity contribution in [1.82, 2.24) is 15.2 Å². The summed E-state index contributed by atoms with van der Waals surface area (Å²) in [6, 6.07) is 8.59. The summed E-state index contributed by atoms with van der Waals surface area (Å²) in [6.45, 7) is 6.08. The number of amides is 2. The van der Waals surface area contributed by atoms with Gasteiger partial charge in [-0.15, -0.1) is 11.8 Å². The van der Waals surface area contributed by atoms with Gasteiger partial charge in [-0.05, 0) is 50.1 Å². The minimum Gasteiger partial charge on any atom is -0.459 e. The normalized spacial score (nSPS) is 22.9. The van der Waals surface area contributed by atoms with Crippen LogP contribution in [0.1, 0.15) is 37.2 Å². The third-order valence-electron chi connectivity index (χ3n) is 7.06. The summed E-state index contributed by atoms with van der Waals surface area (Å²) in [5, 5.41) is 4.45. The van der Waals surface area contributed by atoms with E-state index in [-0.39, 0.29) is 24.8 Å². The number of carbonyl (C=O) groups is 3. The Kier molecular flexibility index (Phi) is 6.93. The van der Waals surface area contributed by atoms with Gasteiger partial charge in [0.25, 0.3) is 5.91 Å². The first-order valence-electron chi connectivity index (χ1n) is 12.1. The number of aryl methyl sites for hydroxylation is 1. The summed E-state index contributed by atoms with van der Waals surface area (Å²) in [5.41, 5.74) is 2.46. The predicted octanol–water partition coefficient (Wildman–Crippen LogP) is 4.26. The Balaban J connectivity index is 1.26. The van der Waals surface area contributed by atoms with Crippen LogP contribution in [-0.2, 0) is 32.1 Å². The Morgan fingerprint density at radius 3 is 2.86 bits per heavy atom. The van der Waals surface area contributed by atoms with Crippen molar-refractivity contribution in [3.8, 4) is 0 Å². The van der Waals surface area contributed by atoms with Crippen LogP contribution in [0.3, 0.4) is 0 Å². The zero-order chi connectivity index (χ0) is 26.3. The van der Waals surface area contributed by atoms with Crippen LogP contribution in [0, 0.1) is 12.8 Å². The summed E-state index contributed by atoms with van der Waals surface area (Å²) in [4.78, 5) is 45.1. The van der Waals surface area contributed by atoms with Gasteiger partial charge >= 0.3 is 5.97 Å². The van der Waals surface area contributed by atoms with Crippen molar-refractivity contribution < 1.29 is 23.5 Å². The van der Waals surface area contributed by atoms with E-state index >= 15 is 0 Å². The van der Waals surface area contributed by atoms with E-state index in [2.05, 4.69) is 10.3 Å². The first-order valence-corrected chi connectivity index (χ1v) is 13.5. The maximum absolute atomic E-state index is 13.5. The van der Waals surface area contributed by atoms with Gasteiger partial charge in [0, 0.05) is 40.7 Å². The van der Waals surface area contributed by atoms with Crippen molar-refractivity contribution in [1.29, 1.82) is 0 Å². The second-order valence-corrected chi connectivity index (χ2v) is 12.0. The Morgan fingerprint density at radius 2 is 2.11 bits per heavy atom. The molecule has 10 heteroatoms. The number of hydrogen-bond donors (Lipinski definition) is 1. The fourth-order valence-corrected chi connectivity index (χ4v) is 6.43. The number of carbonyl (C=O) groups excluding carboxylic acids is 3. The summed E-state index contributed by atoms with van der Waals surface area (Å²) in [7, 11) is 0. The topological polar surface area (TPSA) is 102 Å². The van der Waals surface area contributed by atoms with E-state index in [0.717, 1.165) is 16.5 Å². The van der Waals surface area contributed by atoms with E-state index in [0.29, 0.717) is 28.7 Å². The first-order chi connectivity index (χ1) is 17.6. The molecule has 0 radical (unpaired) electrons. The molecule has 2 aliphatic heterocycles. The molecule has 37 heavy (non-hydrogen) atoms. The SMILES string of the molecule is Cc1cccc(Cl)c1CNC(=O)[C@H]1N(C(=O)[C@@H]2C[C@@H](Cc3cc4ccncc4o3)C(=O)O2)CSC1(C)C. The highest BCUT2D eigenvalue weighted by Crippen LogP contribution is 2.41. The molecule has 4 heterocycles. The number of hydrogen-bond acceptors (Lipinski definition) is 7. The molecule has 0 unspecified atom stereocenters. The number of benzene rings is 1. The highest BCUT2D eigenvalue weighted by molar-refractivity contribution is 8.00. The number of esters is 1. The van der Waals surface area contributed by atoms with Crippen LogP contribution in [-0.4, -0.2) is 50.4 Å². The molecule has 2 saturated heterocycles. The molecule has 0 spiro atoms. The Morgan fingerprint density at radius 1 is 1.30 bits per heavy atom. The monoisotopic (exact) mass is 541 g/mol. The molecular weight excluding hydrogens is 514 g/mol.